The van der Waals surface area contributed by atoms with Crippen molar-refractivity contribution in [1.29, 1.82) is 0 Å². The number of H-pyrrole nitrogens is 1. The van der Waals surface area contributed by atoms with E-state index >= 15 is 0 Å². The van der Waals surface area contributed by atoms with Gasteiger partial charge in [0.05, 0.1) is 7.11 Å². The highest BCUT2D eigenvalue weighted by Crippen LogP contribution is 1.95. The van der Waals surface area contributed by atoms with E-state index in [2.05, 4.69) is 25.2 Å². The van der Waals surface area contributed by atoms with Gasteiger partial charge in [0.25, 0.3) is 5.91 Å². The predicted octanol–water partition coefficient (Wildman–Crippen LogP) is -0.342. The number of esters is 1. The SMILES string of the molecule is CCc1nc(C(=O)N[C@@H](C)C(=O)OC)n[nH]1. The van der Waals surface area contributed by atoms with Crippen LogP contribution in [0.15, 0.2) is 0 Å². The number of nitrogens with zero attached hydrogens (tertiary/aromatic N) is 2. The average molecular weight is 226 g/mol. The number of rotatable bonds is 4. The van der Waals surface area contributed by atoms with Crippen molar-refractivity contribution in [2.24, 2.45) is 0 Å². The molecule has 0 spiro atoms. The predicted molar refractivity (Wildman–Crippen MR) is 54.7 cm³/mol. The van der Waals surface area contributed by atoms with Crippen molar-refractivity contribution < 1.29 is 14.3 Å². The Kier molecular flexibility index (Phi) is 3.98. The number of ether oxygens (including phenoxy) is 1. The summed E-state index contributed by atoms with van der Waals surface area (Å²) in [5, 5.41) is 8.77. The topological polar surface area (TPSA) is 97.0 Å². The van der Waals surface area contributed by atoms with Crippen LogP contribution in [0.5, 0.6) is 0 Å². The zero-order valence-corrected chi connectivity index (χ0v) is 9.40. The van der Waals surface area contributed by atoms with E-state index in [-0.39, 0.29) is 5.82 Å². The van der Waals surface area contributed by atoms with Crippen molar-refractivity contribution in [3.8, 4) is 0 Å². The van der Waals surface area contributed by atoms with Gasteiger partial charge in [-0.25, -0.2) is 9.78 Å². The van der Waals surface area contributed by atoms with Crippen molar-refractivity contribution in [3.05, 3.63) is 11.6 Å². The van der Waals surface area contributed by atoms with Gasteiger partial charge in [-0.1, -0.05) is 6.92 Å². The molecule has 7 heteroatoms. The van der Waals surface area contributed by atoms with Crippen LogP contribution in [0.4, 0.5) is 0 Å². The van der Waals surface area contributed by atoms with Crippen LogP contribution in [-0.2, 0) is 16.0 Å². The molecule has 0 aromatic carbocycles. The van der Waals surface area contributed by atoms with Crippen molar-refractivity contribution in [3.63, 3.8) is 0 Å². The van der Waals surface area contributed by atoms with Gasteiger partial charge in [0.1, 0.15) is 11.9 Å². The lowest BCUT2D eigenvalue weighted by atomic mass is 10.3. The van der Waals surface area contributed by atoms with Crippen LogP contribution in [0.1, 0.15) is 30.3 Å². The molecule has 0 aliphatic carbocycles. The van der Waals surface area contributed by atoms with E-state index in [4.69, 9.17) is 0 Å². The van der Waals surface area contributed by atoms with E-state index < -0.39 is 17.9 Å². The number of carbonyl (C=O) groups is 2. The Balaban J connectivity index is 2.61. The number of carbonyl (C=O) groups excluding carboxylic acids is 2. The summed E-state index contributed by atoms with van der Waals surface area (Å²) in [4.78, 5) is 26.5. The van der Waals surface area contributed by atoms with E-state index in [0.717, 1.165) is 0 Å². The van der Waals surface area contributed by atoms with Crippen LogP contribution in [0, 0.1) is 0 Å². The van der Waals surface area contributed by atoms with Gasteiger partial charge in [0, 0.05) is 6.42 Å². The standard InChI is InChI=1S/C9H14N4O3/c1-4-6-11-7(13-12-6)8(14)10-5(2)9(15)16-3/h5H,4H2,1-3H3,(H,10,14)(H,11,12,13)/t5-/m0/s1. The fourth-order valence-electron chi connectivity index (χ4n) is 1.05. The molecule has 0 bridgehead atoms. The molecular weight excluding hydrogens is 212 g/mol. The summed E-state index contributed by atoms with van der Waals surface area (Å²) in [6.45, 7) is 3.41. The summed E-state index contributed by atoms with van der Waals surface area (Å²) in [7, 11) is 1.26. The number of hydrogen-bond donors (Lipinski definition) is 2. The maximum Gasteiger partial charge on any atom is 0.328 e. The maximum atomic E-state index is 11.5. The Morgan fingerprint density at radius 2 is 2.25 bits per heavy atom. The van der Waals surface area contributed by atoms with Crippen LogP contribution in [0.3, 0.4) is 0 Å². The zero-order valence-electron chi connectivity index (χ0n) is 9.40. The minimum atomic E-state index is -0.721. The van der Waals surface area contributed by atoms with E-state index in [1.807, 2.05) is 6.92 Å². The van der Waals surface area contributed by atoms with Gasteiger partial charge >= 0.3 is 5.97 Å². The average Bonchev–Trinajstić information content (AvgIpc) is 2.76. The first kappa shape index (κ1) is 12.2. The van der Waals surface area contributed by atoms with E-state index in [1.165, 1.54) is 14.0 Å². The third-order valence-corrected chi connectivity index (χ3v) is 1.97. The highest BCUT2D eigenvalue weighted by Gasteiger charge is 2.19. The van der Waals surface area contributed by atoms with Crippen molar-refractivity contribution in [2.75, 3.05) is 7.11 Å². The van der Waals surface area contributed by atoms with Gasteiger partial charge in [-0.3, -0.25) is 9.89 Å². The lowest BCUT2D eigenvalue weighted by Crippen LogP contribution is -2.39. The molecule has 0 saturated heterocycles. The molecule has 1 amide bonds. The van der Waals surface area contributed by atoms with Crippen molar-refractivity contribution in [2.45, 2.75) is 26.3 Å². The first-order valence-corrected chi connectivity index (χ1v) is 4.88. The van der Waals surface area contributed by atoms with E-state index in [9.17, 15) is 9.59 Å². The lowest BCUT2D eigenvalue weighted by Gasteiger charge is -2.09. The van der Waals surface area contributed by atoms with Crippen LogP contribution in [0.25, 0.3) is 0 Å². The summed E-state index contributed by atoms with van der Waals surface area (Å²) in [5.41, 5.74) is 0. The Labute approximate surface area is 92.6 Å². The molecule has 1 aromatic heterocycles. The summed E-state index contributed by atoms with van der Waals surface area (Å²) in [5.74, 6) is -0.378. The smallest absolute Gasteiger partial charge is 0.328 e. The van der Waals surface area contributed by atoms with Crippen LogP contribution < -0.4 is 5.32 Å². The lowest BCUT2D eigenvalue weighted by molar-refractivity contribution is -0.142. The first-order chi connectivity index (χ1) is 7.58. The third-order valence-electron chi connectivity index (χ3n) is 1.97. The van der Waals surface area contributed by atoms with Crippen LogP contribution in [0.2, 0.25) is 0 Å². The van der Waals surface area contributed by atoms with E-state index in [1.54, 1.807) is 0 Å². The quantitative estimate of drug-likeness (QED) is 0.684. The molecule has 0 aliphatic heterocycles. The van der Waals surface area contributed by atoms with E-state index in [0.29, 0.717) is 12.2 Å². The fourth-order valence-corrected chi connectivity index (χ4v) is 1.05. The van der Waals surface area contributed by atoms with Gasteiger partial charge < -0.3 is 10.1 Å². The number of hydrogen-bond acceptors (Lipinski definition) is 5. The Hall–Kier alpha value is -1.92. The number of aromatic nitrogens is 3. The molecule has 1 aromatic rings. The highest BCUT2D eigenvalue weighted by atomic mass is 16.5. The molecule has 2 N–H and O–H groups in total. The number of nitrogens with one attached hydrogen (secondary N) is 2. The molecule has 16 heavy (non-hydrogen) atoms. The van der Waals surface area contributed by atoms with Crippen molar-refractivity contribution in [1.82, 2.24) is 20.5 Å². The second kappa shape index (κ2) is 5.24. The first-order valence-electron chi connectivity index (χ1n) is 4.88. The minimum absolute atomic E-state index is 0.0209. The monoisotopic (exact) mass is 226 g/mol. The van der Waals surface area contributed by atoms with Gasteiger partial charge in [-0.05, 0) is 6.92 Å². The van der Waals surface area contributed by atoms with Crippen molar-refractivity contribution >= 4 is 11.9 Å². The normalized spacial score (nSPS) is 11.9. The molecule has 88 valence electrons. The zero-order chi connectivity index (χ0) is 12.1. The molecule has 1 atom stereocenters. The summed E-state index contributed by atoms with van der Waals surface area (Å²) >= 11 is 0. The fraction of sp³-hybridized carbons (Fsp3) is 0.556. The Morgan fingerprint density at radius 1 is 1.56 bits per heavy atom. The Morgan fingerprint density at radius 3 is 2.75 bits per heavy atom. The second-order valence-corrected chi connectivity index (χ2v) is 3.18. The number of aromatic amines is 1. The van der Waals surface area contributed by atoms with Gasteiger partial charge in [0.2, 0.25) is 5.82 Å². The van der Waals surface area contributed by atoms with Gasteiger partial charge in [-0.2, -0.15) is 0 Å². The molecular formula is C9H14N4O3. The largest absolute Gasteiger partial charge is 0.467 e. The molecule has 0 radical (unpaired) electrons. The highest BCUT2D eigenvalue weighted by molar-refractivity contribution is 5.93. The molecule has 7 nitrogen and oxygen atoms in total. The maximum absolute atomic E-state index is 11.5. The minimum Gasteiger partial charge on any atom is -0.467 e. The van der Waals surface area contributed by atoms with Crippen LogP contribution >= 0.6 is 0 Å². The molecule has 1 rings (SSSR count). The number of amides is 1. The number of methoxy groups -OCH3 is 1. The molecule has 0 aliphatic rings. The van der Waals surface area contributed by atoms with Gasteiger partial charge in [-0.15, -0.1) is 5.10 Å². The van der Waals surface area contributed by atoms with Crippen LogP contribution in [-0.4, -0.2) is 40.2 Å². The number of aryl methyl sites for hydroxylation is 1. The molecule has 0 fully saturated rings. The summed E-state index contributed by atoms with van der Waals surface area (Å²) in [6, 6.07) is -0.721. The van der Waals surface area contributed by atoms with Gasteiger partial charge in [0.15, 0.2) is 0 Å². The molecule has 0 unspecified atom stereocenters. The molecule has 1 heterocycles. The summed E-state index contributed by atoms with van der Waals surface area (Å²) in [6.07, 6.45) is 0.660. The second-order valence-electron chi connectivity index (χ2n) is 3.18. The summed E-state index contributed by atoms with van der Waals surface area (Å²) < 4.78 is 4.47. The Bertz CT molecular complexity index is 388. The molecule has 0 saturated carbocycles. The third kappa shape index (κ3) is 2.78.